The monoisotopic (exact) mass is 471 g/mol. The fraction of sp³-hybridized carbons (Fsp3) is 0.0345. The minimum absolute atomic E-state index is 0.207. The first kappa shape index (κ1) is 21.5. The third-order valence-electron chi connectivity index (χ3n) is 6.09. The standard InChI is InChI=1S/C29H21N5O2/c1-19-15-17-21(18-16-19)33-27(35)22-11-5-8-14-25(22)31-29(33)32-34-26(20-9-3-2-4-10-20)30-24-13-7-6-12-23(24)28(34)36/h2-18H,1H3,(H,31,32). The lowest BCUT2D eigenvalue weighted by atomic mass is 10.2. The van der Waals surface area contributed by atoms with Gasteiger partial charge in [0.1, 0.15) is 0 Å². The SMILES string of the molecule is Cc1ccc(-n2c(Nn3c(-c4ccccc4)nc4ccccc4c3=O)nc3ccccc3c2=O)cc1. The van der Waals surface area contributed by atoms with Crippen molar-refractivity contribution in [3.05, 3.63) is 129 Å². The Labute approximate surface area is 205 Å². The highest BCUT2D eigenvalue weighted by Crippen LogP contribution is 2.21. The van der Waals surface area contributed by atoms with Crippen LogP contribution in [0, 0.1) is 6.92 Å². The fourth-order valence-corrected chi connectivity index (χ4v) is 4.26. The zero-order chi connectivity index (χ0) is 24.6. The first-order valence-corrected chi connectivity index (χ1v) is 11.5. The van der Waals surface area contributed by atoms with Crippen molar-refractivity contribution in [2.75, 3.05) is 5.43 Å². The zero-order valence-corrected chi connectivity index (χ0v) is 19.4. The minimum atomic E-state index is -0.294. The maximum absolute atomic E-state index is 13.7. The minimum Gasteiger partial charge on any atom is -0.268 e. The van der Waals surface area contributed by atoms with Crippen LogP contribution in [-0.2, 0) is 0 Å². The maximum Gasteiger partial charge on any atom is 0.280 e. The van der Waals surface area contributed by atoms with Gasteiger partial charge < -0.3 is 0 Å². The largest absolute Gasteiger partial charge is 0.280 e. The molecule has 174 valence electrons. The molecule has 7 nitrogen and oxygen atoms in total. The topological polar surface area (TPSA) is 81.8 Å². The molecule has 0 aliphatic carbocycles. The molecule has 0 saturated heterocycles. The third-order valence-corrected chi connectivity index (χ3v) is 6.09. The number of nitrogens with zero attached hydrogens (tertiary/aromatic N) is 4. The molecule has 0 aliphatic rings. The van der Waals surface area contributed by atoms with E-state index in [0.29, 0.717) is 33.3 Å². The lowest BCUT2D eigenvalue weighted by Gasteiger charge is -2.19. The number of fused-ring (bicyclic) bond motifs is 2. The summed E-state index contributed by atoms with van der Waals surface area (Å²) in [6.45, 7) is 1.98. The lowest BCUT2D eigenvalue weighted by Crippen LogP contribution is -2.33. The molecule has 7 heteroatoms. The Morgan fingerprint density at radius 3 is 1.92 bits per heavy atom. The summed E-state index contributed by atoms with van der Waals surface area (Å²) in [4.78, 5) is 36.9. The molecule has 2 heterocycles. The molecule has 0 atom stereocenters. The lowest BCUT2D eigenvalue weighted by molar-refractivity contribution is 0.837. The number of nitrogens with one attached hydrogen (secondary N) is 1. The summed E-state index contributed by atoms with van der Waals surface area (Å²) in [6, 6.07) is 31.4. The Bertz CT molecular complexity index is 1860. The van der Waals surface area contributed by atoms with Gasteiger partial charge in [-0.2, -0.15) is 4.68 Å². The number of rotatable bonds is 4. The van der Waals surface area contributed by atoms with E-state index < -0.39 is 0 Å². The Morgan fingerprint density at radius 1 is 0.639 bits per heavy atom. The molecule has 0 unspecified atom stereocenters. The van der Waals surface area contributed by atoms with Crippen LogP contribution in [-0.4, -0.2) is 19.2 Å². The molecule has 0 saturated carbocycles. The van der Waals surface area contributed by atoms with E-state index in [-0.39, 0.29) is 17.1 Å². The molecule has 2 aromatic heterocycles. The van der Waals surface area contributed by atoms with Crippen LogP contribution in [0.15, 0.2) is 113 Å². The molecule has 6 rings (SSSR count). The Kier molecular flexibility index (Phi) is 5.15. The average molecular weight is 472 g/mol. The zero-order valence-electron chi connectivity index (χ0n) is 19.4. The van der Waals surface area contributed by atoms with Gasteiger partial charge in [0.2, 0.25) is 5.95 Å². The maximum atomic E-state index is 13.7. The second kappa shape index (κ2) is 8.63. The van der Waals surface area contributed by atoms with E-state index in [1.54, 1.807) is 24.3 Å². The number of hydrogen-bond donors (Lipinski definition) is 1. The molecular formula is C29H21N5O2. The number of aromatic nitrogens is 4. The van der Waals surface area contributed by atoms with Gasteiger partial charge in [0, 0.05) is 5.56 Å². The molecule has 6 aromatic rings. The first-order chi connectivity index (χ1) is 17.6. The summed E-state index contributed by atoms with van der Waals surface area (Å²) in [5.74, 6) is 0.621. The van der Waals surface area contributed by atoms with Crippen LogP contribution in [0.2, 0.25) is 0 Å². The van der Waals surface area contributed by atoms with Gasteiger partial charge in [0.05, 0.1) is 27.5 Å². The van der Waals surface area contributed by atoms with Crippen molar-refractivity contribution >= 4 is 27.8 Å². The predicted molar refractivity (Wildman–Crippen MR) is 143 cm³/mol. The third kappa shape index (κ3) is 3.63. The van der Waals surface area contributed by atoms with Gasteiger partial charge in [-0.15, -0.1) is 0 Å². The van der Waals surface area contributed by atoms with Crippen LogP contribution >= 0.6 is 0 Å². The second-order valence-electron chi connectivity index (χ2n) is 8.50. The van der Waals surface area contributed by atoms with E-state index in [0.717, 1.165) is 11.1 Å². The molecule has 0 fully saturated rings. The van der Waals surface area contributed by atoms with Crippen molar-refractivity contribution in [2.45, 2.75) is 6.92 Å². The van der Waals surface area contributed by atoms with E-state index in [2.05, 4.69) is 5.43 Å². The van der Waals surface area contributed by atoms with Crippen LogP contribution in [0.1, 0.15) is 5.56 Å². The summed E-state index contributed by atoms with van der Waals surface area (Å²) in [6.07, 6.45) is 0. The molecule has 36 heavy (non-hydrogen) atoms. The van der Waals surface area contributed by atoms with Crippen molar-refractivity contribution in [1.29, 1.82) is 0 Å². The van der Waals surface area contributed by atoms with Crippen molar-refractivity contribution in [2.24, 2.45) is 0 Å². The van der Waals surface area contributed by atoms with Gasteiger partial charge in [0.25, 0.3) is 11.1 Å². The van der Waals surface area contributed by atoms with Gasteiger partial charge >= 0.3 is 0 Å². The van der Waals surface area contributed by atoms with Crippen molar-refractivity contribution in [3.8, 4) is 17.1 Å². The summed E-state index contributed by atoms with van der Waals surface area (Å²) in [5, 5.41) is 0.936. The Balaban J connectivity index is 1.65. The van der Waals surface area contributed by atoms with E-state index in [1.165, 1.54) is 9.24 Å². The Hall–Kier alpha value is -5.04. The quantitative estimate of drug-likeness (QED) is 0.394. The van der Waals surface area contributed by atoms with Gasteiger partial charge in [-0.05, 0) is 43.3 Å². The molecule has 0 amide bonds. The van der Waals surface area contributed by atoms with Crippen molar-refractivity contribution in [1.82, 2.24) is 19.2 Å². The summed E-state index contributed by atoms with van der Waals surface area (Å²) < 4.78 is 2.84. The number of para-hydroxylation sites is 2. The fourth-order valence-electron chi connectivity index (χ4n) is 4.26. The molecular weight excluding hydrogens is 450 g/mol. The smallest absolute Gasteiger partial charge is 0.268 e. The second-order valence-corrected chi connectivity index (χ2v) is 8.50. The van der Waals surface area contributed by atoms with E-state index >= 15 is 0 Å². The number of benzene rings is 4. The molecule has 0 radical (unpaired) electrons. The first-order valence-electron chi connectivity index (χ1n) is 11.5. The number of aryl methyl sites for hydroxylation is 1. The van der Waals surface area contributed by atoms with Gasteiger partial charge in [-0.3, -0.25) is 15.0 Å². The van der Waals surface area contributed by atoms with Crippen molar-refractivity contribution < 1.29 is 0 Å². The molecule has 1 N–H and O–H groups in total. The van der Waals surface area contributed by atoms with Crippen LogP contribution < -0.4 is 16.5 Å². The molecule has 0 bridgehead atoms. The summed E-state index contributed by atoms with van der Waals surface area (Å²) >= 11 is 0. The van der Waals surface area contributed by atoms with E-state index in [1.807, 2.05) is 85.8 Å². The summed E-state index contributed by atoms with van der Waals surface area (Å²) in [7, 11) is 0. The Morgan fingerprint density at radius 2 is 1.22 bits per heavy atom. The van der Waals surface area contributed by atoms with E-state index in [9.17, 15) is 9.59 Å². The highest BCUT2D eigenvalue weighted by atomic mass is 16.1. The number of anilines is 1. The normalized spacial score (nSPS) is 11.1. The van der Waals surface area contributed by atoms with Gasteiger partial charge in [0.15, 0.2) is 5.82 Å². The average Bonchev–Trinajstić information content (AvgIpc) is 2.92. The predicted octanol–water partition coefficient (Wildman–Crippen LogP) is 4.95. The van der Waals surface area contributed by atoms with E-state index in [4.69, 9.17) is 9.97 Å². The number of hydrogen-bond acceptors (Lipinski definition) is 5. The molecule has 0 aliphatic heterocycles. The molecule has 0 spiro atoms. The van der Waals surface area contributed by atoms with Gasteiger partial charge in [-0.1, -0.05) is 72.3 Å². The van der Waals surface area contributed by atoms with Crippen LogP contribution in [0.3, 0.4) is 0 Å². The van der Waals surface area contributed by atoms with Crippen molar-refractivity contribution in [3.63, 3.8) is 0 Å². The highest BCUT2D eigenvalue weighted by molar-refractivity contribution is 5.81. The van der Waals surface area contributed by atoms with Crippen LogP contribution in [0.5, 0.6) is 0 Å². The van der Waals surface area contributed by atoms with Crippen LogP contribution in [0.25, 0.3) is 38.9 Å². The highest BCUT2D eigenvalue weighted by Gasteiger charge is 2.18. The summed E-state index contributed by atoms with van der Waals surface area (Å²) in [5.41, 5.74) is 6.16. The van der Waals surface area contributed by atoms with Gasteiger partial charge in [-0.25, -0.2) is 14.5 Å². The molecule has 4 aromatic carbocycles. The van der Waals surface area contributed by atoms with Crippen LogP contribution in [0.4, 0.5) is 5.95 Å².